The zero-order valence-electron chi connectivity index (χ0n) is 9.27. The van der Waals surface area contributed by atoms with Gasteiger partial charge in [-0.15, -0.1) is 0 Å². The topological polar surface area (TPSA) is 66.8 Å². The summed E-state index contributed by atoms with van der Waals surface area (Å²) in [5.74, 6) is 0.198. The summed E-state index contributed by atoms with van der Waals surface area (Å²) in [5.41, 5.74) is 0.893. The van der Waals surface area contributed by atoms with E-state index in [0.717, 1.165) is 31.2 Å². The molecule has 0 atom stereocenters. The number of ether oxygens (including phenoxy) is 1. The van der Waals surface area contributed by atoms with Gasteiger partial charge in [-0.05, 0) is 30.5 Å². The third-order valence-electron chi connectivity index (χ3n) is 2.23. The van der Waals surface area contributed by atoms with Crippen molar-refractivity contribution in [2.75, 3.05) is 0 Å². The normalized spacial score (nSPS) is 10.1. The van der Waals surface area contributed by atoms with Crippen LogP contribution >= 0.6 is 0 Å². The second kappa shape index (κ2) is 6.00. The van der Waals surface area contributed by atoms with Crippen molar-refractivity contribution in [3.63, 3.8) is 0 Å². The Morgan fingerprint density at radius 2 is 2.06 bits per heavy atom. The molecule has 0 aromatic heterocycles. The van der Waals surface area contributed by atoms with Crippen LogP contribution in [0.5, 0.6) is 11.5 Å². The number of carbonyl (C=O) groups is 1. The maximum atomic E-state index is 10.3. The fourth-order valence-electron chi connectivity index (χ4n) is 1.53. The summed E-state index contributed by atoms with van der Waals surface area (Å²) in [6.07, 6.45) is 2.71. The predicted octanol–water partition coefficient (Wildman–Crippen LogP) is 3.18. The van der Waals surface area contributed by atoms with Crippen molar-refractivity contribution in [3.8, 4) is 11.5 Å². The molecule has 4 heteroatoms. The fraction of sp³-hybridized carbons (Fsp3) is 0.417. The Kier molecular flexibility index (Phi) is 4.64. The molecule has 1 rings (SSSR count). The first-order valence-corrected chi connectivity index (χ1v) is 5.35. The van der Waals surface area contributed by atoms with Crippen LogP contribution in [0.2, 0.25) is 0 Å². The van der Waals surface area contributed by atoms with Gasteiger partial charge >= 0.3 is 6.16 Å². The van der Waals surface area contributed by atoms with E-state index in [9.17, 15) is 9.90 Å². The molecule has 0 unspecified atom stereocenters. The molecule has 0 saturated carbocycles. The number of aryl methyl sites for hydroxylation is 1. The molecule has 0 amide bonds. The highest BCUT2D eigenvalue weighted by Crippen LogP contribution is 2.23. The molecule has 0 heterocycles. The standard InChI is InChI=1S/C12H16O4/c1-2-3-4-5-9-6-10(13)8-11(7-9)16-12(14)15/h6-8,13H,2-5H2,1H3,(H,14,15). The summed E-state index contributed by atoms with van der Waals surface area (Å²) in [4.78, 5) is 10.3. The fourth-order valence-corrected chi connectivity index (χ4v) is 1.53. The van der Waals surface area contributed by atoms with Crippen molar-refractivity contribution in [2.45, 2.75) is 32.6 Å². The number of aromatic hydroxyl groups is 1. The van der Waals surface area contributed by atoms with E-state index in [4.69, 9.17) is 5.11 Å². The molecule has 88 valence electrons. The Morgan fingerprint density at radius 3 is 2.69 bits per heavy atom. The third-order valence-corrected chi connectivity index (χ3v) is 2.23. The van der Waals surface area contributed by atoms with Gasteiger partial charge in [0.25, 0.3) is 0 Å². The summed E-state index contributed by atoms with van der Waals surface area (Å²) in [6, 6.07) is 4.56. The quantitative estimate of drug-likeness (QED) is 0.458. The molecule has 2 N–H and O–H groups in total. The van der Waals surface area contributed by atoms with E-state index in [1.54, 1.807) is 12.1 Å². The van der Waals surface area contributed by atoms with Crippen molar-refractivity contribution in [1.82, 2.24) is 0 Å². The van der Waals surface area contributed by atoms with Gasteiger partial charge in [0, 0.05) is 6.07 Å². The molecule has 0 fully saturated rings. The highest BCUT2D eigenvalue weighted by atomic mass is 16.7. The molecular weight excluding hydrogens is 208 g/mol. The van der Waals surface area contributed by atoms with Crippen LogP contribution in [0.25, 0.3) is 0 Å². The van der Waals surface area contributed by atoms with Gasteiger partial charge in [-0.3, -0.25) is 0 Å². The first-order chi connectivity index (χ1) is 7.61. The Labute approximate surface area is 94.5 Å². The highest BCUT2D eigenvalue weighted by Gasteiger charge is 2.05. The molecule has 4 nitrogen and oxygen atoms in total. The van der Waals surface area contributed by atoms with Crippen LogP contribution in [0.1, 0.15) is 31.7 Å². The van der Waals surface area contributed by atoms with Gasteiger partial charge in [0.05, 0.1) is 0 Å². The largest absolute Gasteiger partial charge is 0.511 e. The number of carboxylic acid groups (broad SMARTS) is 1. The van der Waals surface area contributed by atoms with Gasteiger partial charge in [-0.1, -0.05) is 19.8 Å². The Morgan fingerprint density at radius 1 is 1.31 bits per heavy atom. The van der Waals surface area contributed by atoms with Gasteiger partial charge in [0.2, 0.25) is 0 Å². The van der Waals surface area contributed by atoms with Gasteiger partial charge in [0.15, 0.2) is 0 Å². The highest BCUT2D eigenvalue weighted by molar-refractivity contribution is 5.61. The molecule has 16 heavy (non-hydrogen) atoms. The number of hydrogen-bond donors (Lipinski definition) is 2. The number of rotatable bonds is 5. The summed E-state index contributed by atoms with van der Waals surface area (Å²) in [6.45, 7) is 2.11. The summed E-state index contributed by atoms with van der Waals surface area (Å²) in [7, 11) is 0. The van der Waals surface area contributed by atoms with Gasteiger partial charge in [-0.25, -0.2) is 4.79 Å². The second-order valence-electron chi connectivity index (χ2n) is 3.66. The molecule has 0 aliphatic rings. The van der Waals surface area contributed by atoms with Crippen molar-refractivity contribution >= 4 is 6.16 Å². The van der Waals surface area contributed by atoms with Crippen LogP contribution in [-0.4, -0.2) is 16.4 Å². The van der Waals surface area contributed by atoms with E-state index in [1.165, 1.54) is 6.07 Å². The monoisotopic (exact) mass is 224 g/mol. The van der Waals surface area contributed by atoms with E-state index < -0.39 is 6.16 Å². The zero-order valence-corrected chi connectivity index (χ0v) is 9.27. The van der Waals surface area contributed by atoms with Crippen LogP contribution in [0.3, 0.4) is 0 Å². The maximum Gasteiger partial charge on any atom is 0.511 e. The van der Waals surface area contributed by atoms with Crippen LogP contribution in [0.15, 0.2) is 18.2 Å². The summed E-state index contributed by atoms with van der Waals surface area (Å²) < 4.78 is 4.50. The van der Waals surface area contributed by atoms with E-state index in [2.05, 4.69) is 11.7 Å². The van der Waals surface area contributed by atoms with Crippen molar-refractivity contribution in [1.29, 1.82) is 0 Å². The molecule has 0 spiro atoms. The van der Waals surface area contributed by atoms with Gasteiger partial charge in [0.1, 0.15) is 11.5 Å². The number of benzene rings is 1. The molecule has 0 aliphatic carbocycles. The smallest absolute Gasteiger partial charge is 0.508 e. The summed E-state index contributed by atoms with van der Waals surface area (Å²) >= 11 is 0. The Bertz CT molecular complexity index is 360. The predicted molar refractivity (Wildman–Crippen MR) is 60.0 cm³/mol. The number of unbranched alkanes of at least 4 members (excludes halogenated alkanes) is 2. The van der Waals surface area contributed by atoms with Crippen LogP contribution < -0.4 is 4.74 Å². The van der Waals surface area contributed by atoms with E-state index >= 15 is 0 Å². The Hall–Kier alpha value is -1.71. The summed E-state index contributed by atoms with van der Waals surface area (Å²) in [5, 5.41) is 17.8. The Balaban J connectivity index is 2.69. The molecule has 0 aliphatic heterocycles. The maximum absolute atomic E-state index is 10.3. The minimum Gasteiger partial charge on any atom is -0.508 e. The lowest BCUT2D eigenvalue weighted by atomic mass is 10.1. The molecule has 0 saturated heterocycles. The molecule has 0 bridgehead atoms. The minimum atomic E-state index is -1.37. The molecular formula is C12H16O4. The van der Waals surface area contributed by atoms with Crippen molar-refractivity contribution < 1.29 is 19.7 Å². The van der Waals surface area contributed by atoms with Gasteiger partial charge in [-0.2, -0.15) is 0 Å². The first kappa shape index (κ1) is 12.4. The molecule has 0 radical (unpaired) electrons. The first-order valence-electron chi connectivity index (χ1n) is 5.35. The van der Waals surface area contributed by atoms with Crippen LogP contribution in [0.4, 0.5) is 4.79 Å². The van der Waals surface area contributed by atoms with E-state index in [-0.39, 0.29) is 11.5 Å². The van der Waals surface area contributed by atoms with Crippen LogP contribution in [-0.2, 0) is 6.42 Å². The SMILES string of the molecule is CCCCCc1cc(O)cc(OC(=O)O)c1. The average molecular weight is 224 g/mol. The van der Waals surface area contributed by atoms with E-state index in [0.29, 0.717) is 0 Å². The lowest BCUT2D eigenvalue weighted by molar-refractivity contribution is 0.144. The molecule has 1 aromatic rings. The number of phenolic OH excluding ortho intramolecular Hbond substituents is 1. The minimum absolute atomic E-state index is 0.0326. The zero-order chi connectivity index (χ0) is 12.0. The van der Waals surface area contributed by atoms with Crippen LogP contribution in [0, 0.1) is 0 Å². The van der Waals surface area contributed by atoms with Crippen molar-refractivity contribution in [3.05, 3.63) is 23.8 Å². The number of hydrogen-bond acceptors (Lipinski definition) is 3. The number of phenols is 1. The third kappa shape index (κ3) is 4.21. The van der Waals surface area contributed by atoms with Gasteiger partial charge < -0.3 is 14.9 Å². The lowest BCUT2D eigenvalue weighted by Gasteiger charge is -2.05. The average Bonchev–Trinajstić information content (AvgIpc) is 2.16. The van der Waals surface area contributed by atoms with E-state index in [1.807, 2.05) is 0 Å². The van der Waals surface area contributed by atoms with Crippen molar-refractivity contribution in [2.24, 2.45) is 0 Å². The molecule has 1 aromatic carbocycles. The second-order valence-corrected chi connectivity index (χ2v) is 3.66. The lowest BCUT2D eigenvalue weighted by Crippen LogP contribution is -2.03.